The Bertz CT molecular complexity index is 639. The molecule has 1 aromatic carbocycles. The monoisotopic (exact) mass is 282 g/mol. The average molecular weight is 282 g/mol. The largest absolute Gasteiger partial charge is 0.330 e. The van der Waals surface area contributed by atoms with Gasteiger partial charge in [0, 0.05) is 29.8 Å². The van der Waals surface area contributed by atoms with Gasteiger partial charge in [0.2, 0.25) is 0 Å². The average Bonchev–Trinajstić information content (AvgIpc) is 2.55. The minimum Gasteiger partial charge on any atom is -0.330 e. The summed E-state index contributed by atoms with van der Waals surface area (Å²) in [4.78, 5) is 16.9. The van der Waals surface area contributed by atoms with Crippen molar-refractivity contribution in [1.82, 2.24) is 4.98 Å². The number of ketones is 1. The molecule has 1 fully saturated rings. The summed E-state index contributed by atoms with van der Waals surface area (Å²) in [5.41, 5.74) is 6.85. The van der Waals surface area contributed by atoms with Crippen LogP contribution in [0.25, 0.3) is 10.8 Å². The fourth-order valence-corrected chi connectivity index (χ4v) is 3.56. The summed E-state index contributed by atoms with van der Waals surface area (Å²) in [7, 11) is 0. The van der Waals surface area contributed by atoms with E-state index in [1.807, 2.05) is 30.5 Å². The first-order chi connectivity index (χ1) is 10.2. The molecular weight excluding hydrogens is 260 g/mol. The van der Waals surface area contributed by atoms with Crippen LogP contribution in [0.1, 0.15) is 48.9 Å². The number of rotatable bonds is 4. The molecule has 0 unspecified atom stereocenters. The number of hydrogen-bond acceptors (Lipinski definition) is 3. The predicted octanol–water partition coefficient (Wildman–Crippen LogP) is 3.72. The van der Waals surface area contributed by atoms with Crippen LogP contribution >= 0.6 is 0 Å². The smallest absolute Gasteiger partial charge is 0.164 e. The first-order valence-electron chi connectivity index (χ1n) is 7.80. The molecule has 3 rings (SSSR count). The van der Waals surface area contributed by atoms with Gasteiger partial charge < -0.3 is 5.73 Å². The number of fused-ring (bicyclic) bond motifs is 1. The van der Waals surface area contributed by atoms with E-state index in [1.165, 1.54) is 19.3 Å². The van der Waals surface area contributed by atoms with E-state index in [0.717, 1.165) is 29.2 Å². The molecule has 0 saturated heterocycles. The van der Waals surface area contributed by atoms with Crippen LogP contribution in [0.3, 0.4) is 0 Å². The number of aromatic nitrogens is 1. The molecule has 2 N–H and O–H groups in total. The van der Waals surface area contributed by atoms with Crippen molar-refractivity contribution in [3.05, 3.63) is 42.2 Å². The highest BCUT2D eigenvalue weighted by Gasteiger charge is 2.33. The van der Waals surface area contributed by atoms with Gasteiger partial charge in [0.05, 0.1) is 0 Å². The second-order valence-corrected chi connectivity index (χ2v) is 6.27. The molecule has 3 heteroatoms. The Balaban J connectivity index is 1.90. The lowest BCUT2D eigenvalue weighted by atomic mass is 9.70. The van der Waals surface area contributed by atoms with Gasteiger partial charge in [-0.25, -0.2) is 0 Å². The summed E-state index contributed by atoms with van der Waals surface area (Å²) in [5.74, 6) is 0.221. The lowest BCUT2D eigenvalue weighted by Gasteiger charge is -2.35. The Morgan fingerprint density at radius 3 is 2.76 bits per heavy atom. The van der Waals surface area contributed by atoms with E-state index < -0.39 is 0 Å². The molecule has 0 radical (unpaired) electrons. The molecule has 0 bridgehead atoms. The van der Waals surface area contributed by atoms with Gasteiger partial charge in [-0.2, -0.15) is 0 Å². The Labute approximate surface area is 125 Å². The maximum Gasteiger partial charge on any atom is 0.164 e. The van der Waals surface area contributed by atoms with Crippen molar-refractivity contribution in [1.29, 1.82) is 0 Å². The summed E-state index contributed by atoms with van der Waals surface area (Å²) in [6, 6.07) is 7.79. The zero-order valence-electron chi connectivity index (χ0n) is 12.3. The minimum absolute atomic E-state index is 0.0184. The maximum atomic E-state index is 12.8. The Hall–Kier alpha value is -1.74. The topological polar surface area (TPSA) is 56.0 Å². The van der Waals surface area contributed by atoms with E-state index >= 15 is 0 Å². The van der Waals surface area contributed by atoms with Crippen molar-refractivity contribution in [3.63, 3.8) is 0 Å². The van der Waals surface area contributed by atoms with Crippen molar-refractivity contribution in [2.45, 2.75) is 38.5 Å². The first-order valence-corrected chi connectivity index (χ1v) is 7.80. The molecule has 0 atom stereocenters. The second-order valence-electron chi connectivity index (χ2n) is 6.27. The van der Waals surface area contributed by atoms with Crippen LogP contribution in [-0.2, 0) is 0 Å². The Morgan fingerprint density at radius 1 is 1.19 bits per heavy atom. The van der Waals surface area contributed by atoms with Crippen molar-refractivity contribution >= 4 is 16.6 Å². The number of hydrogen-bond donors (Lipinski definition) is 1. The zero-order chi connectivity index (χ0) is 14.7. The summed E-state index contributed by atoms with van der Waals surface area (Å²) in [6.07, 6.45) is 9.97. The normalized spacial score (nSPS) is 17.8. The Kier molecular flexibility index (Phi) is 4.02. The van der Waals surface area contributed by atoms with Crippen LogP contribution in [-0.4, -0.2) is 17.3 Å². The van der Waals surface area contributed by atoms with Crippen LogP contribution < -0.4 is 5.73 Å². The maximum absolute atomic E-state index is 12.8. The lowest BCUT2D eigenvalue weighted by molar-refractivity contribution is 0.0869. The first kappa shape index (κ1) is 14.2. The lowest BCUT2D eigenvalue weighted by Crippen LogP contribution is -2.35. The molecule has 1 aliphatic rings. The van der Waals surface area contributed by atoms with Gasteiger partial charge >= 0.3 is 0 Å². The Morgan fingerprint density at radius 2 is 2.00 bits per heavy atom. The van der Waals surface area contributed by atoms with Gasteiger partial charge in [0.1, 0.15) is 0 Å². The number of pyridine rings is 1. The van der Waals surface area contributed by atoms with Gasteiger partial charge in [-0.1, -0.05) is 37.5 Å². The SMILES string of the molecule is NCC1(CC(=O)c2cccc3cnccc23)CCCCC1. The van der Waals surface area contributed by atoms with Crippen molar-refractivity contribution in [2.24, 2.45) is 11.1 Å². The predicted molar refractivity (Wildman–Crippen MR) is 85.3 cm³/mol. The van der Waals surface area contributed by atoms with E-state index in [9.17, 15) is 4.79 Å². The van der Waals surface area contributed by atoms with E-state index in [-0.39, 0.29) is 11.2 Å². The van der Waals surface area contributed by atoms with Gasteiger partial charge in [0.25, 0.3) is 0 Å². The van der Waals surface area contributed by atoms with E-state index in [1.54, 1.807) is 6.20 Å². The highest BCUT2D eigenvalue weighted by molar-refractivity contribution is 6.08. The van der Waals surface area contributed by atoms with Gasteiger partial charge in [0.15, 0.2) is 5.78 Å². The van der Waals surface area contributed by atoms with Crippen LogP contribution in [0.15, 0.2) is 36.7 Å². The molecule has 1 aromatic heterocycles. The van der Waals surface area contributed by atoms with Crippen LogP contribution in [0.5, 0.6) is 0 Å². The number of Topliss-reactive ketones (excluding diaryl/α,β-unsaturated/α-hetero) is 1. The molecule has 1 saturated carbocycles. The molecule has 0 spiro atoms. The highest BCUT2D eigenvalue weighted by atomic mass is 16.1. The number of benzene rings is 1. The number of nitrogens with zero attached hydrogens (tertiary/aromatic N) is 1. The van der Waals surface area contributed by atoms with E-state index in [2.05, 4.69) is 4.98 Å². The fraction of sp³-hybridized carbons (Fsp3) is 0.444. The molecule has 1 aliphatic carbocycles. The standard InChI is InChI=1S/C18H22N2O/c19-13-18(8-2-1-3-9-18)11-17(21)16-6-4-5-14-12-20-10-7-15(14)16/h4-7,10,12H,1-3,8-9,11,13,19H2. The van der Waals surface area contributed by atoms with Crippen LogP contribution in [0, 0.1) is 5.41 Å². The second kappa shape index (κ2) is 5.94. The number of carbonyl (C=O) groups excluding carboxylic acids is 1. The molecule has 3 nitrogen and oxygen atoms in total. The van der Waals surface area contributed by atoms with Crippen molar-refractivity contribution in [2.75, 3.05) is 6.54 Å². The minimum atomic E-state index is 0.0184. The third-order valence-corrected chi connectivity index (χ3v) is 4.86. The van der Waals surface area contributed by atoms with Crippen molar-refractivity contribution in [3.8, 4) is 0 Å². The van der Waals surface area contributed by atoms with Crippen molar-refractivity contribution < 1.29 is 4.79 Å². The summed E-state index contributed by atoms with van der Waals surface area (Å²) < 4.78 is 0. The summed E-state index contributed by atoms with van der Waals surface area (Å²) in [6.45, 7) is 0.616. The third kappa shape index (κ3) is 2.84. The molecule has 21 heavy (non-hydrogen) atoms. The summed E-state index contributed by atoms with van der Waals surface area (Å²) >= 11 is 0. The quantitative estimate of drug-likeness (QED) is 0.870. The highest BCUT2D eigenvalue weighted by Crippen LogP contribution is 2.39. The molecule has 0 aliphatic heterocycles. The molecule has 1 heterocycles. The van der Waals surface area contributed by atoms with Gasteiger partial charge in [-0.05, 0) is 36.3 Å². The molecule has 110 valence electrons. The third-order valence-electron chi connectivity index (χ3n) is 4.86. The van der Waals surface area contributed by atoms with Gasteiger partial charge in [-0.15, -0.1) is 0 Å². The van der Waals surface area contributed by atoms with E-state index in [0.29, 0.717) is 13.0 Å². The number of carbonyl (C=O) groups is 1. The van der Waals surface area contributed by atoms with Gasteiger partial charge in [-0.3, -0.25) is 9.78 Å². The zero-order valence-corrected chi connectivity index (χ0v) is 12.3. The molecule has 0 amide bonds. The summed E-state index contributed by atoms with van der Waals surface area (Å²) in [5, 5.41) is 2.02. The van der Waals surface area contributed by atoms with E-state index in [4.69, 9.17) is 5.73 Å². The number of nitrogens with two attached hydrogens (primary N) is 1. The molecule has 2 aromatic rings. The fourth-order valence-electron chi connectivity index (χ4n) is 3.56. The van der Waals surface area contributed by atoms with Crippen LogP contribution in [0.4, 0.5) is 0 Å². The van der Waals surface area contributed by atoms with Crippen LogP contribution in [0.2, 0.25) is 0 Å². The molecular formula is C18H22N2O.